The highest BCUT2D eigenvalue weighted by Crippen LogP contribution is 2.26. The average molecular weight is 421 g/mol. The maximum atomic E-state index is 12.8. The zero-order valence-electron chi connectivity index (χ0n) is 17.8. The van der Waals surface area contributed by atoms with Gasteiger partial charge < -0.3 is 15.1 Å². The molecule has 0 unspecified atom stereocenters. The molecular formula is C22H28N8O. The van der Waals surface area contributed by atoms with Gasteiger partial charge in [0.2, 0.25) is 5.91 Å². The molecule has 3 aromatic rings. The number of nitrogens with one attached hydrogen (secondary N) is 1. The molecule has 1 amide bonds. The molecule has 0 aliphatic carbocycles. The quantitative estimate of drug-likeness (QED) is 0.694. The topological polar surface area (TPSA) is 91.5 Å². The highest BCUT2D eigenvalue weighted by Gasteiger charge is 2.26. The van der Waals surface area contributed by atoms with E-state index in [1.165, 1.54) is 23.2 Å². The van der Waals surface area contributed by atoms with E-state index in [1.807, 2.05) is 24.3 Å². The summed E-state index contributed by atoms with van der Waals surface area (Å²) in [6.45, 7) is 6.11. The third-order valence-electron chi connectivity index (χ3n) is 6.53. The number of hydrogen-bond donors (Lipinski definition) is 1. The predicted molar refractivity (Wildman–Crippen MR) is 119 cm³/mol. The molecule has 1 aromatic carbocycles. The Bertz CT molecular complexity index is 1030. The SMILES string of the molecule is CC1CCN(c2ccc(NC(=O)C3CCN(c4ccc5nnnn5n4)CC3)cc2)CC1. The third-order valence-corrected chi connectivity index (χ3v) is 6.53. The van der Waals surface area contributed by atoms with Crippen molar-refractivity contribution in [3.63, 3.8) is 0 Å². The molecule has 0 spiro atoms. The smallest absolute Gasteiger partial charge is 0.227 e. The predicted octanol–water partition coefficient (Wildman–Crippen LogP) is 2.61. The number of piperidine rings is 2. The lowest BCUT2D eigenvalue weighted by Crippen LogP contribution is -2.38. The van der Waals surface area contributed by atoms with Gasteiger partial charge >= 0.3 is 0 Å². The lowest BCUT2D eigenvalue weighted by atomic mass is 9.95. The van der Waals surface area contributed by atoms with E-state index in [9.17, 15) is 4.79 Å². The van der Waals surface area contributed by atoms with E-state index in [4.69, 9.17) is 0 Å². The van der Waals surface area contributed by atoms with E-state index in [1.54, 1.807) is 0 Å². The van der Waals surface area contributed by atoms with Crippen LogP contribution in [0.2, 0.25) is 0 Å². The number of tetrazole rings is 1. The van der Waals surface area contributed by atoms with Crippen molar-refractivity contribution in [2.45, 2.75) is 32.6 Å². The molecule has 9 heteroatoms. The number of aromatic nitrogens is 5. The maximum absolute atomic E-state index is 12.8. The van der Waals surface area contributed by atoms with Gasteiger partial charge in [-0.05, 0) is 78.4 Å². The summed E-state index contributed by atoms with van der Waals surface area (Å²) in [7, 11) is 0. The van der Waals surface area contributed by atoms with Crippen LogP contribution in [0.1, 0.15) is 32.6 Å². The number of hydrogen-bond acceptors (Lipinski definition) is 7. The zero-order valence-corrected chi connectivity index (χ0v) is 17.8. The summed E-state index contributed by atoms with van der Waals surface area (Å²) in [6, 6.07) is 12.1. The molecule has 5 rings (SSSR count). The van der Waals surface area contributed by atoms with Crippen molar-refractivity contribution >= 4 is 28.7 Å². The van der Waals surface area contributed by atoms with Crippen LogP contribution in [0, 0.1) is 11.8 Å². The van der Waals surface area contributed by atoms with Crippen molar-refractivity contribution in [2.75, 3.05) is 41.3 Å². The van der Waals surface area contributed by atoms with Crippen LogP contribution < -0.4 is 15.1 Å². The van der Waals surface area contributed by atoms with Crippen molar-refractivity contribution < 1.29 is 4.79 Å². The largest absolute Gasteiger partial charge is 0.372 e. The van der Waals surface area contributed by atoms with Gasteiger partial charge in [-0.3, -0.25) is 4.79 Å². The van der Waals surface area contributed by atoms with Crippen LogP contribution in [-0.2, 0) is 4.79 Å². The summed E-state index contributed by atoms with van der Waals surface area (Å²) < 4.78 is 1.43. The van der Waals surface area contributed by atoms with E-state index in [2.05, 4.69) is 54.8 Å². The van der Waals surface area contributed by atoms with Crippen LogP contribution in [0.25, 0.3) is 5.65 Å². The summed E-state index contributed by atoms with van der Waals surface area (Å²) in [5.74, 6) is 1.76. The number of nitrogens with zero attached hydrogens (tertiary/aromatic N) is 7. The minimum atomic E-state index is 0.0104. The number of benzene rings is 1. The van der Waals surface area contributed by atoms with E-state index in [0.29, 0.717) is 5.65 Å². The average Bonchev–Trinajstić information content (AvgIpc) is 3.28. The monoisotopic (exact) mass is 420 g/mol. The fraction of sp³-hybridized carbons (Fsp3) is 0.500. The zero-order chi connectivity index (χ0) is 21.2. The first kappa shape index (κ1) is 19.7. The van der Waals surface area contributed by atoms with Gasteiger partial charge in [-0.15, -0.1) is 14.8 Å². The molecular weight excluding hydrogens is 392 g/mol. The molecule has 0 radical (unpaired) electrons. The molecule has 162 valence electrons. The van der Waals surface area contributed by atoms with Crippen molar-refractivity contribution in [1.82, 2.24) is 25.3 Å². The molecule has 31 heavy (non-hydrogen) atoms. The number of fused-ring (bicyclic) bond motifs is 1. The first-order valence-electron chi connectivity index (χ1n) is 11.1. The van der Waals surface area contributed by atoms with Crippen LogP contribution >= 0.6 is 0 Å². The minimum Gasteiger partial charge on any atom is -0.372 e. The number of carbonyl (C=O) groups is 1. The number of rotatable bonds is 4. The lowest BCUT2D eigenvalue weighted by Gasteiger charge is -2.32. The maximum Gasteiger partial charge on any atom is 0.227 e. The molecule has 1 N–H and O–H groups in total. The second kappa shape index (κ2) is 8.49. The highest BCUT2D eigenvalue weighted by atomic mass is 16.1. The number of carbonyl (C=O) groups excluding carboxylic acids is 1. The summed E-state index contributed by atoms with van der Waals surface area (Å²) >= 11 is 0. The molecule has 0 saturated carbocycles. The Hall–Kier alpha value is -3.23. The Morgan fingerprint density at radius 1 is 0.935 bits per heavy atom. The molecule has 2 aromatic heterocycles. The van der Waals surface area contributed by atoms with Crippen LogP contribution in [0.5, 0.6) is 0 Å². The van der Waals surface area contributed by atoms with Crippen molar-refractivity contribution in [1.29, 1.82) is 0 Å². The Kier molecular flexibility index (Phi) is 5.40. The Balaban J connectivity index is 1.14. The van der Waals surface area contributed by atoms with Crippen molar-refractivity contribution in [3.05, 3.63) is 36.4 Å². The van der Waals surface area contributed by atoms with Crippen LogP contribution in [0.15, 0.2) is 36.4 Å². The summed E-state index contributed by atoms with van der Waals surface area (Å²) in [4.78, 5) is 17.4. The Morgan fingerprint density at radius 2 is 1.65 bits per heavy atom. The van der Waals surface area contributed by atoms with Gasteiger partial charge in [0.15, 0.2) is 11.5 Å². The first-order chi connectivity index (χ1) is 15.2. The van der Waals surface area contributed by atoms with Crippen LogP contribution in [0.3, 0.4) is 0 Å². The summed E-state index contributed by atoms with van der Waals surface area (Å²) in [6.07, 6.45) is 4.09. The van der Waals surface area contributed by atoms with Gasteiger partial charge in [0.1, 0.15) is 0 Å². The molecule has 2 fully saturated rings. The van der Waals surface area contributed by atoms with Crippen molar-refractivity contribution in [3.8, 4) is 0 Å². The van der Waals surface area contributed by atoms with E-state index in [0.717, 1.165) is 56.4 Å². The molecule has 2 saturated heterocycles. The summed E-state index contributed by atoms with van der Waals surface area (Å²) in [5, 5.41) is 18.9. The molecule has 0 atom stereocenters. The molecule has 9 nitrogen and oxygen atoms in total. The Morgan fingerprint density at radius 3 is 2.39 bits per heavy atom. The van der Waals surface area contributed by atoms with E-state index >= 15 is 0 Å². The van der Waals surface area contributed by atoms with Gasteiger partial charge in [-0.25, -0.2) is 0 Å². The van der Waals surface area contributed by atoms with Gasteiger partial charge in [-0.2, -0.15) is 0 Å². The van der Waals surface area contributed by atoms with Gasteiger partial charge in [0.05, 0.1) is 0 Å². The van der Waals surface area contributed by atoms with Crippen LogP contribution in [-0.4, -0.2) is 57.3 Å². The Labute approximate surface area is 181 Å². The highest BCUT2D eigenvalue weighted by molar-refractivity contribution is 5.92. The number of amides is 1. The van der Waals surface area contributed by atoms with E-state index < -0.39 is 0 Å². The molecule has 4 heterocycles. The van der Waals surface area contributed by atoms with Crippen molar-refractivity contribution in [2.24, 2.45) is 11.8 Å². The second-order valence-electron chi connectivity index (χ2n) is 8.69. The molecule has 0 bridgehead atoms. The van der Waals surface area contributed by atoms with Crippen LogP contribution in [0.4, 0.5) is 17.2 Å². The minimum absolute atomic E-state index is 0.0104. The molecule has 2 aliphatic heterocycles. The second-order valence-corrected chi connectivity index (χ2v) is 8.69. The first-order valence-corrected chi connectivity index (χ1v) is 11.1. The molecule has 2 aliphatic rings. The number of anilines is 3. The lowest BCUT2D eigenvalue weighted by molar-refractivity contribution is -0.120. The normalized spacial score (nSPS) is 18.5. The van der Waals surface area contributed by atoms with E-state index in [-0.39, 0.29) is 11.8 Å². The van der Waals surface area contributed by atoms with Gasteiger partial charge in [-0.1, -0.05) is 6.92 Å². The standard InChI is InChI=1S/C22H28N8O/c1-16-8-12-28(13-9-16)19-4-2-18(3-5-19)23-22(31)17-10-14-29(15-11-17)21-7-6-20-24-26-27-30(20)25-21/h2-7,16-17H,8-15H2,1H3,(H,23,31). The summed E-state index contributed by atoms with van der Waals surface area (Å²) in [5.41, 5.74) is 2.73. The fourth-order valence-electron chi connectivity index (χ4n) is 4.45. The van der Waals surface area contributed by atoms with Gasteiger partial charge in [0, 0.05) is 43.5 Å². The van der Waals surface area contributed by atoms with Gasteiger partial charge in [0.25, 0.3) is 0 Å². The third kappa shape index (κ3) is 4.30. The fourth-order valence-corrected chi connectivity index (χ4v) is 4.45.